The lowest BCUT2D eigenvalue weighted by molar-refractivity contribution is -0.121. The molecule has 0 radical (unpaired) electrons. The zero-order valence-corrected chi connectivity index (χ0v) is 15.4. The van der Waals surface area contributed by atoms with Gasteiger partial charge in [0.2, 0.25) is 0 Å². The van der Waals surface area contributed by atoms with Gasteiger partial charge < -0.3 is 0 Å². The number of ketones is 1. The minimum atomic E-state index is -3.69. The topological polar surface area (TPSA) is 54.5 Å². The van der Waals surface area contributed by atoms with Crippen LogP contribution in [0.4, 0.5) is 0 Å². The van der Waals surface area contributed by atoms with Crippen LogP contribution in [0.15, 0.2) is 65.7 Å². The van der Waals surface area contributed by atoms with Crippen molar-refractivity contribution < 1.29 is 13.2 Å². The van der Waals surface area contributed by atoms with E-state index >= 15 is 0 Å². The van der Waals surface area contributed by atoms with E-state index < -0.39 is 10.0 Å². The second-order valence-corrected chi connectivity index (χ2v) is 8.90. The summed E-state index contributed by atoms with van der Waals surface area (Å²) in [7, 11) is -3.69. The van der Waals surface area contributed by atoms with Crippen LogP contribution in [0.3, 0.4) is 0 Å². The van der Waals surface area contributed by atoms with E-state index in [-0.39, 0.29) is 29.1 Å². The van der Waals surface area contributed by atoms with Crippen LogP contribution < -0.4 is 0 Å². The van der Waals surface area contributed by atoms with Gasteiger partial charge in [-0.2, -0.15) is 0 Å². The molecule has 0 aromatic heterocycles. The van der Waals surface area contributed by atoms with Crippen molar-refractivity contribution in [1.82, 2.24) is 4.31 Å². The third-order valence-corrected chi connectivity index (χ3v) is 7.13. The van der Waals surface area contributed by atoms with E-state index in [4.69, 9.17) is 0 Å². The number of carbonyl (C=O) groups excluding carboxylic acids is 1. The molecular formula is C21H21NO3S. The molecule has 2 aromatic rings. The molecule has 0 N–H and O–H groups in total. The van der Waals surface area contributed by atoms with Gasteiger partial charge in [-0.05, 0) is 36.6 Å². The molecule has 1 fully saturated rings. The first-order valence-electron chi connectivity index (χ1n) is 8.86. The van der Waals surface area contributed by atoms with E-state index in [1.54, 1.807) is 30.5 Å². The van der Waals surface area contributed by atoms with Crippen LogP contribution in [-0.4, -0.2) is 24.5 Å². The number of aryl methyl sites for hydroxylation is 1. The molecule has 1 aliphatic heterocycles. The van der Waals surface area contributed by atoms with Crippen molar-refractivity contribution in [2.75, 3.05) is 0 Å². The summed E-state index contributed by atoms with van der Waals surface area (Å²) in [6.07, 6.45) is 3.24. The Bertz CT molecular complexity index is 962. The summed E-state index contributed by atoms with van der Waals surface area (Å²) in [5, 5.41) is 0. The van der Waals surface area contributed by atoms with Crippen LogP contribution >= 0.6 is 0 Å². The van der Waals surface area contributed by atoms with Gasteiger partial charge in [0, 0.05) is 25.0 Å². The molecule has 0 spiro atoms. The Labute approximate surface area is 154 Å². The first-order valence-corrected chi connectivity index (χ1v) is 10.3. The number of rotatable bonds is 3. The SMILES string of the molecule is Cc1ccc(S(=O)(=O)N2C=C(c3ccccc3)[C@@H]3CCC(=O)C[C@@H]32)cc1. The molecule has 4 nitrogen and oxygen atoms in total. The Hall–Kier alpha value is -2.40. The van der Waals surface area contributed by atoms with Crippen LogP contribution in [0.5, 0.6) is 0 Å². The van der Waals surface area contributed by atoms with Gasteiger partial charge in [0.1, 0.15) is 5.78 Å². The molecule has 1 heterocycles. The van der Waals surface area contributed by atoms with Gasteiger partial charge in [0.25, 0.3) is 10.0 Å². The summed E-state index contributed by atoms with van der Waals surface area (Å²) in [5.41, 5.74) is 3.05. The van der Waals surface area contributed by atoms with Crippen molar-refractivity contribution >= 4 is 21.4 Å². The lowest BCUT2D eigenvalue weighted by Crippen LogP contribution is -2.40. The number of carbonyl (C=O) groups is 1. The fourth-order valence-corrected chi connectivity index (χ4v) is 5.50. The zero-order chi connectivity index (χ0) is 18.3. The number of benzene rings is 2. The predicted octanol–water partition coefficient (Wildman–Crippen LogP) is 3.78. The summed E-state index contributed by atoms with van der Waals surface area (Å²) in [5.74, 6) is 0.202. The quantitative estimate of drug-likeness (QED) is 0.830. The molecule has 1 saturated carbocycles. The van der Waals surface area contributed by atoms with Gasteiger partial charge in [0.15, 0.2) is 0 Å². The fraction of sp³-hybridized carbons (Fsp3) is 0.286. The van der Waals surface area contributed by atoms with Crippen molar-refractivity contribution in [2.24, 2.45) is 5.92 Å². The molecule has 0 bridgehead atoms. The molecular weight excluding hydrogens is 346 g/mol. The Balaban J connectivity index is 1.79. The highest BCUT2D eigenvalue weighted by Gasteiger charge is 2.44. The third-order valence-electron chi connectivity index (χ3n) is 5.33. The molecule has 0 saturated heterocycles. The monoisotopic (exact) mass is 367 g/mol. The maximum absolute atomic E-state index is 13.3. The van der Waals surface area contributed by atoms with Crippen LogP contribution in [0, 0.1) is 12.8 Å². The number of fused-ring (bicyclic) bond motifs is 1. The van der Waals surface area contributed by atoms with Crippen molar-refractivity contribution in [3.63, 3.8) is 0 Å². The summed E-state index contributed by atoms with van der Waals surface area (Å²) in [6, 6.07) is 16.4. The number of hydrogen-bond acceptors (Lipinski definition) is 3. The minimum absolute atomic E-state index is 0.0651. The molecule has 2 aliphatic rings. The number of sulfonamides is 1. The summed E-state index contributed by atoms with van der Waals surface area (Å²) >= 11 is 0. The van der Waals surface area contributed by atoms with Gasteiger partial charge in [0.05, 0.1) is 10.9 Å². The van der Waals surface area contributed by atoms with Gasteiger partial charge in [-0.3, -0.25) is 9.10 Å². The normalized spacial score (nSPS) is 22.9. The maximum atomic E-state index is 13.3. The van der Waals surface area contributed by atoms with Gasteiger partial charge >= 0.3 is 0 Å². The lowest BCUT2D eigenvalue weighted by atomic mass is 9.79. The third kappa shape index (κ3) is 2.86. The van der Waals surface area contributed by atoms with Crippen molar-refractivity contribution in [1.29, 1.82) is 0 Å². The molecule has 5 heteroatoms. The van der Waals surface area contributed by atoms with E-state index in [0.717, 1.165) is 16.7 Å². The smallest absolute Gasteiger partial charge is 0.264 e. The highest BCUT2D eigenvalue weighted by atomic mass is 32.2. The summed E-state index contributed by atoms with van der Waals surface area (Å²) in [4.78, 5) is 12.3. The number of hydrogen-bond donors (Lipinski definition) is 0. The van der Waals surface area contributed by atoms with Crippen molar-refractivity contribution in [3.8, 4) is 0 Å². The summed E-state index contributed by atoms with van der Waals surface area (Å²) < 4.78 is 27.9. The minimum Gasteiger partial charge on any atom is -0.300 e. The number of Topliss-reactive ketones (excluding diaryl/α,β-unsaturated/α-hetero) is 1. The second-order valence-electron chi connectivity index (χ2n) is 7.05. The molecule has 0 amide bonds. The van der Waals surface area contributed by atoms with Gasteiger partial charge in [-0.15, -0.1) is 0 Å². The predicted molar refractivity (Wildman–Crippen MR) is 101 cm³/mol. The van der Waals surface area contributed by atoms with Crippen LogP contribution in [0.2, 0.25) is 0 Å². The molecule has 1 aliphatic carbocycles. The molecule has 2 aromatic carbocycles. The van der Waals surface area contributed by atoms with Gasteiger partial charge in [-0.1, -0.05) is 48.0 Å². The fourth-order valence-electron chi connectivity index (χ4n) is 3.94. The van der Waals surface area contributed by atoms with E-state index in [1.165, 1.54) is 4.31 Å². The average molecular weight is 367 g/mol. The summed E-state index contributed by atoms with van der Waals surface area (Å²) in [6.45, 7) is 1.93. The van der Waals surface area contributed by atoms with Crippen LogP contribution in [0.25, 0.3) is 5.57 Å². The molecule has 0 unspecified atom stereocenters. The molecule has 4 rings (SSSR count). The highest BCUT2D eigenvalue weighted by molar-refractivity contribution is 7.89. The van der Waals surface area contributed by atoms with Crippen LogP contribution in [0.1, 0.15) is 30.4 Å². The Morgan fingerprint density at radius 1 is 1.00 bits per heavy atom. The van der Waals surface area contributed by atoms with Gasteiger partial charge in [-0.25, -0.2) is 8.42 Å². The second kappa shape index (κ2) is 6.40. The number of nitrogens with zero attached hydrogens (tertiary/aromatic N) is 1. The molecule has 26 heavy (non-hydrogen) atoms. The first-order chi connectivity index (χ1) is 12.5. The largest absolute Gasteiger partial charge is 0.300 e. The molecule has 134 valence electrons. The first kappa shape index (κ1) is 17.0. The Kier molecular flexibility index (Phi) is 4.19. The Morgan fingerprint density at radius 2 is 1.69 bits per heavy atom. The van der Waals surface area contributed by atoms with E-state index in [2.05, 4.69) is 0 Å². The van der Waals surface area contributed by atoms with E-state index in [1.807, 2.05) is 37.3 Å². The molecule has 2 atom stereocenters. The van der Waals surface area contributed by atoms with Crippen molar-refractivity contribution in [3.05, 3.63) is 71.9 Å². The lowest BCUT2D eigenvalue weighted by Gasteiger charge is -2.32. The van der Waals surface area contributed by atoms with E-state index in [9.17, 15) is 13.2 Å². The van der Waals surface area contributed by atoms with Crippen LogP contribution in [-0.2, 0) is 14.8 Å². The highest BCUT2D eigenvalue weighted by Crippen LogP contribution is 2.44. The maximum Gasteiger partial charge on any atom is 0.264 e. The average Bonchev–Trinajstić information content (AvgIpc) is 3.02. The standard InChI is InChI=1S/C21H21NO3S/c1-15-7-10-18(11-8-15)26(24,25)22-14-20(16-5-3-2-4-6-16)19-12-9-17(23)13-21(19)22/h2-8,10-11,14,19,21H,9,12-13H2,1H3/t19-,21-/m0/s1. The zero-order valence-electron chi connectivity index (χ0n) is 14.6. The van der Waals surface area contributed by atoms with Crippen molar-refractivity contribution in [2.45, 2.75) is 37.1 Å². The Morgan fingerprint density at radius 3 is 2.38 bits per heavy atom. The van der Waals surface area contributed by atoms with E-state index in [0.29, 0.717) is 12.8 Å².